The number of benzene rings is 2. The SMILES string of the molecule is CCC(C)c1ccc(O)cc1.CCC(C)c1ccc(OCOCCCl)cc1. The Labute approximate surface area is 169 Å². The molecule has 2 unspecified atom stereocenters. The number of hydrogen-bond acceptors (Lipinski definition) is 3. The summed E-state index contributed by atoms with van der Waals surface area (Å²) in [5.74, 6) is 2.87. The second-order valence-electron chi connectivity index (χ2n) is 6.64. The average molecular weight is 393 g/mol. The number of alkyl halides is 1. The maximum Gasteiger partial charge on any atom is 0.189 e. The quantitative estimate of drug-likeness (QED) is 0.293. The Morgan fingerprint density at radius 3 is 1.78 bits per heavy atom. The number of rotatable bonds is 9. The standard InChI is InChI=1S/C13H19ClO2.C10H14O/c1-3-11(2)12-4-6-13(7-5-12)16-10-15-9-8-14;1-3-8(2)9-4-6-10(11)7-5-9/h4-7,11H,3,8-10H2,1-2H3;4-8,11H,3H2,1-2H3. The smallest absolute Gasteiger partial charge is 0.189 e. The molecule has 0 radical (unpaired) electrons. The van der Waals surface area contributed by atoms with Gasteiger partial charge in [-0.05, 0) is 60.1 Å². The fourth-order valence-corrected chi connectivity index (χ4v) is 2.50. The molecule has 0 bridgehead atoms. The summed E-state index contributed by atoms with van der Waals surface area (Å²) in [4.78, 5) is 0. The molecule has 2 aromatic carbocycles. The van der Waals surface area contributed by atoms with Crippen molar-refractivity contribution in [2.75, 3.05) is 19.3 Å². The summed E-state index contributed by atoms with van der Waals surface area (Å²) < 4.78 is 10.5. The van der Waals surface area contributed by atoms with E-state index in [1.54, 1.807) is 12.1 Å². The Morgan fingerprint density at radius 2 is 1.33 bits per heavy atom. The minimum absolute atomic E-state index is 0.259. The zero-order chi connectivity index (χ0) is 20.1. The van der Waals surface area contributed by atoms with E-state index in [-0.39, 0.29) is 6.79 Å². The number of hydrogen-bond donors (Lipinski definition) is 1. The molecule has 0 heterocycles. The molecule has 27 heavy (non-hydrogen) atoms. The minimum atomic E-state index is 0.259. The van der Waals surface area contributed by atoms with E-state index in [0.717, 1.165) is 18.6 Å². The summed E-state index contributed by atoms with van der Waals surface area (Å²) in [5, 5.41) is 9.01. The maximum atomic E-state index is 9.01. The van der Waals surface area contributed by atoms with Gasteiger partial charge in [0.2, 0.25) is 0 Å². The van der Waals surface area contributed by atoms with Crippen LogP contribution in [0.5, 0.6) is 11.5 Å². The van der Waals surface area contributed by atoms with Crippen LogP contribution in [0.2, 0.25) is 0 Å². The third-order valence-electron chi connectivity index (χ3n) is 4.67. The first-order valence-corrected chi connectivity index (χ1v) is 10.2. The van der Waals surface area contributed by atoms with Crippen LogP contribution in [0.4, 0.5) is 0 Å². The van der Waals surface area contributed by atoms with Crippen LogP contribution < -0.4 is 4.74 Å². The van der Waals surface area contributed by atoms with Gasteiger partial charge in [-0.1, -0.05) is 52.0 Å². The summed E-state index contributed by atoms with van der Waals surface area (Å²) in [7, 11) is 0. The molecule has 4 heteroatoms. The van der Waals surface area contributed by atoms with Gasteiger partial charge in [-0.25, -0.2) is 0 Å². The topological polar surface area (TPSA) is 38.7 Å². The van der Waals surface area contributed by atoms with E-state index in [1.165, 1.54) is 11.1 Å². The van der Waals surface area contributed by atoms with Crippen molar-refractivity contribution in [3.63, 3.8) is 0 Å². The summed E-state index contributed by atoms with van der Waals surface area (Å²) in [5.41, 5.74) is 2.64. The molecule has 0 amide bonds. The van der Waals surface area contributed by atoms with Gasteiger partial charge in [-0.2, -0.15) is 0 Å². The molecule has 0 saturated carbocycles. The second kappa shape index (κ2) is 13.5. The van der Waals surface area contributed by atoms with E-state index < -0.39 is 0 Å². The van der Waals surface area contributed by atoms with Crippen molar-refractivity contribution in [1.82, 2.24) is 0 Å². The molecule has 150 valence electrons. The highest BCUT2D eigenvalue weighted by Gasteiger charge is 2.02. The van der Waals surface area contributed by atoms with E-state index in [1.807, 2.05) is 24.3 Å². The number of aromatic hydroxyl groups is 1. The van der Waals surface area contributed by atoms with Crippen molar-refractivity contribution >= 4 is 11.6 Å². The van der Waals surface area contributed by atoms with Crippen LogP contribution in [0.3, 0.4) is 0 Å². The highest BCUT2D eigenvalue weighted by molar-refractivity contribution is 6.17. The molecule has 0 fully saturated rings. The van der Waals surface area contributed by atoms with Crippen molar-refractivity contribution < 1.29 is 14.6 Å². The lowest BCUT2D eigenvalue weighted by Gasteiger charge is -2.10. The van der Waals surface area contributed by atoms with Gasteiger partial charge in [0.15, 0.2) is 6.79 Å². The van der Waals surface area contributed by atoms with Crippen LogP contribution in [0.1, 0.15) is 63.5 Å². The summed E-state index contributed by atoms with van der Waals surface area (Å²) >= 11 is 5.47. The number of phenols is 1. The Kier molecular flexibility index (Phi) is 11.6. The fourth-order valence-electron chi connectivity index (χ4n) is 2.39. The lowest BCUT2D eigenvalue weighted by molar-refractivity contribution is 0.0234. The number of phenolic OH excluding ortho intramolecular Hbond substituents is 1. The Balaban J connectivity index is 0.000000289. The molecule has 3 nitrogen and oxygen atoms in total. The molecule has 0 aliphatic rings. The molecular formula is C23H33ClO3. The molecular weight excluding hydrogens is 360 g/mol. The van der Waals surface area contributed by atoms with Gasteiger partial charge >= 0.3 is 0 Å². The molecule has 0 spiro atoms. The van der Waals surface area contributed by atoms with E-state index in [2.05, 4.69) is 39.8 Å². The lowest BCUT2D eigenvalue weighted by Crippen LogP contribution is -2.04. The van der Waals surface area contributed by atoms with Crippen LogP contribution in [0.25, 0.3) is 0 Å². The van der Waals surface area contributed by atoms with Crippen molar-refractivity contribution in [2.24, 2.45) is 0 Å². The molecule has 0 aliphatic heterocycles. The van der Waals surface area contributed by atoms with Crippen molar-refractivity contribution in [3.8, 4) is 11.5 Å². The van der Waals surface area contributed by atoms with Crippen LogP contribution in [0, 0.1) is 0 Å². The third kappa shape index (κ3) is 9.16. The first-order chi connectivity index (χ1) is 13.0. The monoisotopic (exact) mass is 392 g/mol. The molecule has 2 rings (SSSR count). The van der Waals surface area contributed by atoms with Gasteiger partial charge in [0.1, 0.15) is 11.5 Å². The van der Waals surface area contributed by atoms with E-state index >= 15 is 0 Å². The van der Waals surface area contributed by atoms with Crippen molar-refractivity contribution in [1.29, 1.82) is 0 Å². The van der Waals surface area contributed by atoms with Gasteiger partial charge in [0.25, 0.3) is 0 Å². The highest BCUT2D eigenvalue weighted by Crippen LogP contribution is 2.21. The van der Waals surface area contributed by atoms with Crippen molar-refractivity contribution in [3.05, 3.63) is 59.7 Å². The van der Waals surface area contributed by atoms with Crippen molar-refractivity contribution in [2.45, 2.75) is 52.4 Å². The van der Waals surface area contributed by atoms with Gasteiger partial charge < -0.3 is 14.6 Å². The molecule has 2 aromatic rings. The maximum absolute atomic E-state index is 9.01. The zero-order valence-electron chi connectivity index (χ0n) is 17.0. The first-order valence-electron chi connectivity index (χ1n) is 9.67. The Hall–Kier alpha value is -1.71. The summed E-state index contributed by atoms with van der Waals surface area (Å²) in [6.45, 7) is 9.54. The average Bonchev–Trinajstić information content (AvgIpc) is 2.71. The van der Waals surface area contributed by atoms with Gasteiger partial charge in [-0.15, -0.1) is 11.6 Å². The lowest BCUT2D eigenvalue weighted by atomic mass is 9.99. The van der Waals surface area contributed by atoms with Crippen LogP contribution in [0.15, 0.2) is 48.5 Å². The Morgan fingerprint density at radius 1 is 0.852 bits per heavy atom. The van der Waals surface area contributed by atoms with E-state index in [9.17, 15) is 0 Å². The molecule has 2 atom stereocenters. The third-order valence-corrected chi connectivity index (χ3v) is 4.82. The predicted molar refractivity (Wildman–Crippen MR) is 114 cm³/mol. The Bertz CT molecular complexity index is 611. The predicted octanol–water partition coefficient (Wildman–Crippen LogP) is 6.70. The largest absolute Gasteiger partial charge is 0.508 e. The minimum Gasteiger partial charge on any atom is -0.508 e. The first kappa shape index (κ1) is 23.3. The summed E-state index contributed by atoms with van der Waals surface area (Å²) in [6, 6.07) is 15.6. The van der Waals surface area contributed by atoms with Gasteiger partial charge in [0, 0.05) is 5.88 Å². The summed E-state index contributed by atoms with van der Waals surface area (Å²) in [6.07, 6.45) is 2.30. The van der Waals surface area contributed by atoms with E-state index in [0.29, 0.717) is 30.1 Å². The normalized spacial score (nSPS) is 12.6. The second-order valence-corrected chi connectivity index (χ2v) is 7.02. The molecule has 0 saturated heterocycles. The van der Waals surface area contributed by atoms with Crippen LogP contribution in [-0.2, 0) is 4.74 Å². The van der Waals surface area contributed by atoms with E-state index in [4.69, 9.17) is 26.2 Å². The highest BCUT2D eigenvalue weighted by atomic mass is 35.5. The molecule has 1 N–H and O–H groups in total. The zero-order valence-corrected chi connectivity index (χ0v) is 17.7. The molecule has 0 aliphatic carbocycles. The number of ether oxygens (including phenoxy) is 2. The van der Waals surface area contributed by atoms with Gasteiger partial charge in [0.05, 0.1) is 6.61 Å². The fraction of sp³-hybridized carbons (Fsp3) is 0.478. The number of halogens is 1. The van der Waals surface area contributed by atoms with Gasteiger partial charge in [-0.3, -0.25) is 0 Å². The molecule has 0 aromatic heterocycles. The van der Waals surface area contributed by atoms with Crippen LogP contribution in [-0.4, -0.2) is 24.4 Å². The van der Waals surface area contributed by atoms with Crippen LogP contribution >= 0.6 is 11.6 Å².